The first kappa shape index (κ1) is 21.9. The standard InChI is InChI=1S/C17H22N4O8/c1-9-5-6-12(15(27)18-11(10(2)22)8-14(25)26)21-17(29)19(16(28)20(9)21)7-3-4-13(23)24/h5-6,9,11-12H,3-4,7-8H2,1-2H3,(H,18,27)(H,23,24)(H,25,26)/t9-,11+,12+/m1/s1. The molecule has 2 rings (SSSR count). The van der Waals surface area contributed by atoms with Crippen molar-refractivity contribution < 1.29 is 29.4 Å². The van der Waals surface area contributed by atoms with E-state index in [0.29, 0.717) is 0 Å². The number of aromatic nitrogens is 3. The number of carbonyl (C=O) groups is 4. The number of aliphatic carboxylic acids is 2. The molecule has 0 saturated heterocycles. The molecule has 12 heteroatoms. The smallest absolute Gasteiger partial charge is 0.348 e. The maximum absolute atomic E-state index is 12.8. The molecule has 3 N–H and O–H groups in total. The van der Waals surface area contributed by atoms with Crippen molar-refractivity contribution in [2.75, 3.05) is 0 Å². The number of carboxylic acids is 2. The molecule has 0 saturated carbocycles. The molecular formula is C17H22N4O8. The van der Waals surface area contributed by atoms with Crippen molar-refractivity contribution in [2.45, 2.75) is 57.8 Å². The van der Waals surface area contributed by atoms with Crippen molar-refractivity contribution in [1.82, 2.24) is 19.2 Å². The van der Waals surface area contributed by atoms with Gasteiger partial charge in [-0.25, -0.2) is 23.5 Å². The minimum absolute atomic E-state index is 0.0538. The third kappa shape index (κ3) is 4.70. The maximum atomic E-state index is 12.8. The minimum atomic E-state index is -1.28. The Morgan fingerprint density at radius 1 is 1.07 bits per heavy atom. The molecule has 1 aliphatic rings. The fourth-order valence-electron chi connectivity index (χ4n) is 3.07. The molecular weight excluding hydrogens is 388 g/mol. The lowest BCUT2D eigenvalue weighted by Gasteiger charge is -2.25. The Labute approximate surface area is 164 Å². The Bertz CT molecular complexity index is 983. The van der Waals surface area contributed by atoms with Gasteiger partial charge < -0.3 is 15.5 Å². The van der Waals surface area contributed by atoms with Crippen LogP contribution in [0.15, 0.2) is 21.7 Å². The van der Waals surface area contributed by atoms with Crippen molar-refractivity contribution in [3.8, 4) is 0 Å². The van der Waals surface area contributed by atoms with Crippen LogP contribution in [0.5, 0.6) is 0 Å². The zero-order valence-corrected chi connectivity index (χ0v) is 15.9. The Balaban J connectivity index is 2.37. The summed E-state index contributed by atoms with van der Waals surface area (Å²) in [7, 11) is 0. The van der Waals surface area contributed by atoms with Gasteiger partial charge in [-0.3, -0.25) is 19.2 Å². The topological polar surface area (TPSA) is 170 Å². The first-order valence-corrected chi connectivity index (χ1v) is 8.91. The first-order chi connectivity index (χ1) is 13.5. The number of rotatable bonds is 9. The van der Waals surface area contributed by atoms with E-state index in [-0.39, 0.29) is 19.4 Å². The largest absolute Gasteiger partial charge is 0.481 e. The molecule has 1 aromatic rings. The van der Waals surface area contributed by atoms with Gasteiger partial charge >= 0.3 is 23.3 Å². The van der Waals surface area contributed by atoms with Crippen molar-refractivity contribution >= 4 is 23.6 Å². The molecule has 12 nitrogen and oxygen atoms in total. The van der Waals surface area contributed by atoms with Gasteiger partial charge in [-0.1, -0.05) is 12.2 Å². The second kappa shape index (κ2) is 8.71. The zero-order valence-electron chi connectivity index (χ0n) is 15.9. The Morgan fingerprint density at radius 3 is 2.24 bits per heavy atom. The van der Waals surface area contributed by atoms with Crippen molar-refractivity contribution in [1.29, 1.82) is 0 Å². The van der Waals surface area contributed by atoms with Gasteiger partial charge in [0, 0.05) is 13.0 Å². The number of hydrogen-bond acceptors (Lipinski definition) is 6. The minimum Gasteiger partial charge on any atom is -0.481 e. The van der Waals surface area contributed by atoms with Crippen molar-refractivity contribution in [3.63, 3.8) is 0 Å². The lowest BCUT2D eigenvalue weighted by Crippen LogP contribution is -2.47. The molecule has 0 bridgehead atoms. The molecule has 0 aromatic carbocycles. The molecule has 0 aliphatic carbocycles. The molecule has 1 amide bonds. The summed E-state index contributed by atoms with van der Waals surface area (Å²) < 4.78 is 2.86. The first-order valence-electron chi connectivity index (χ1n) is 8.91. The number of ketones is 1. The fourth-order valence-corrected chi connectivity index (χ4v) is 3.07. The number of allylic oxidation sites excluding steroid dienone is 1. The van der Waals surface area contributed by atoms with Crippen LogP contribution in [0.2, 0.25) is 0 Å². The highest BCUT2D eigenvalue weighted by Crippen LogP contribution is 2.18. The number of carboxylic acid groups (broad SMARTS) is 2. The third-order valence-corrected chi connectivity index (χ3v) is 4.53. The molecule has 158 valence electrons. The highest BCUT2D eigenvalue weighted by Gasteiger charge is 2.32. The summed E-state index contributed by atoms with van der Waals surface area (Å²) in [4.78, 5) is 71.2. The number of nitrogens with one attached hydrogen (secondary N) is 1. The predicted octanol–water partition coefficient (Wildman–Crippen LogP) is -1.10. The number of amides is 1. The van der Waals surface area contributed by atoms with Gasteiger partial charge in [0.05, 0.1) is 18.5 Å². The average Bonchev–Trinajstić information content (AvgIpc) is 2.86. The molecule has 0 spiro atoms. The number of Topliss-reactive ketones (excluding diaryl/α,β-unsaturated/α-hetero) is 1. The second-order valence-electron chi connectivity index (χ2n) is 6.74. The zero-order chi connectivity index (χ0) is 21.9. The Morgan fingerprint density at radius 2 is 1.69 bits per heavy atom. The summed E-state index contributed by atoms with van der Waals surface area (Å²) in [5.41, 5.74) is -1.49. The predicted molar refractivity (Wildman–Crippen MR) is 97.6 cm³/mol. The Kier molecular flexibility index (Phi) is 6.56. The van der Waals surface area contributed by atoms with E-state index in [0.717, 1.165) is 20.9 Å². The van der Waals surface area contributed by atoms with E-state index in [2.05, 4.69) is 5.32 Å². The van der Waals surface area contributed by atoms with Crippen molar-refractivity contribution in [2.24, 2.45) is 0 Å². The quantitative estimate of drug-likeness (QED) is 0.431. The highest BCUT2D eigenvalue weighted by molar-refractivity contribution is 5.92. The molecule has 1 aliphatic heterocycles. The van der Waals surface area contributed by atoms with Crippen molar-refractivity contribution in [3.05, 3.63) is 33.1 Å². The van der Waals surface area contributed by atoms with E-state index in [4.69, 9.17) is 10.2 Å². The van der Waals surface area contributed by atoms with Gasteiger partial charge in [-0.05, 0) is 20.3 Å². The van der Waals surface area contributed by atoms with Gasteiger partial charge in [0.1, 0.15) is 0 Å². The molecule has 3 atom stereocenters. The van der Waals surface area contributed by atoms with Crippen LogP contribution in [0.25, 0.3) is 0 Å². The van der Waals surface area contributed by atoms with E-state index in [1.165, 1.54) is 12.2 Å². The van der Waals surface area contributed by atoms with Gasteiger partial charge in [0.2, 0.25) is 5.91 Å². The lowest BCUT2D eigenvalue weighted by molar-refractivity contribution is -0.140. The molecule has 0 radical (unpaired) electrons. The number of nitrogens with zero attached hydrogens (tertiary/aromatic N) is 3. The Hall–Kier alpha value is -3.44. The van der Waals surface area contributed by atoms with E-state index < -0.39 is 59.6 Å². The van der Waals surface area contributed by atoms with Gasteiger partial charge in [0.25, 0.3) is 0 Å². The van der Waals surface area contributed by atoms with E-state index in [9.17, 15) is 28.8 Å². The van der Waals surface area contributed by atoms with Gasteiger partial charge in [-0.2, -0.15) is 0 Å². The summed E-state index contributed by atoms with van der Waals surface area (Å²) in [6.45, 7) is 2.63. The van der Waals surface area contributed by atoms with E-state index in [1.807, 2.05) is 0 Å². The highest BCUT2D eigenvalue weighted by atomic mass is 16.4. The molecule has 0 fully saturated rings. The lowest BCUT2D eigenvalue weighted by atomic mass is 10.1. The molecule has 2 heterocycles. The third-order valence-electron chi connectivity index (χ3n) is 4.53. The fraction of sp³-hybridized carbons (Fsp3) is 0.529. The van der Waals surface area contributed by atoms with Crippen LogP contribution < -0.4 is 16.7 Å². The summed E-state index contributed by atoms with van der Waals surface area (Å²) >= 11 is 0. The van der Waals surface area contributed by atoms with Crippen LogP contribution in [-0.2, 0) is 25.7 Å². The van der Waals surface area contributed by atoms with Gasteiger partial charge in [0.15, 0.2) is 11.8 Å². The number of carbonyl (C=O) groups excluding carboxylic acids is 2. The average molecular weight is 410 g/mol. The molecule has 29 heavy (non-hydrogen) atoms. The van der Waals surface area contributed by atoms with Crippen LogP contribution in [0, 0.1) is 0 Å². The van der Waals surface area contributed by atoms with Crippen LogP contribution in [0.4, 0.5) is 0 Å². The normalized spacial score (nSPS) is 18.7. The number of hydrogen-bond donors (Lipinski definition) is 3. The number of fused-ring (bicyclic) bond motifs is 1. The van der Waals surface area contributed by atoms with Crippen LogP contribution in [0.1, 0.15) is 45.2 Å². The summed E-state index contributed by atoms with van der Waals surface area (Å²) in [6.07, 6.45) is 2.13. The summed E-state index contributed by atoms with van der Waals surface area (Å²) in [6, 6.07) is -3.08. The van der Waals surface area contributed by atoms with Crippen LogP contribution in [0.3, 0.4) is 0 Å². The molecule has 1 aromatic heterocycles. The summed E-state index contributed by atoms with van der Waals surface area (Å²) in [5, 5.41) is 19.9. The van der Waals surface area contributed by atoms with E-state index >= 15 is 0 Å². The molecule has 0 unspecified atom stereocenters. The van der Waals surface area contributed by atoms with Crippen LogP contribution >= 0.6 is 0 Å². The summed E-state index contributed by atoms with van der Waals surface area (Å²) in [5.74, 6) is -3.72. The maximum Gasteiger partial charge on any atom is 0.348 e. The second-order valence-corrected chi connectivity index (χ2v) is 6.74. The monoisotopic (exact) mass is 410 g/mol. The SMILES string of the molecule is CC(=O)[C@H](CC(=O)O)NC(=O)[C@@H]1C=C[C@@H](C)n2c(=O)n(CCCC(=O)O)c(=O)n21. The van der Waals surface area contributed by atoms with Crippen LogP contribution in [-0.4, -0.2) is 53.8 Å². The van der Waals surface area contributed by atoms with Gasteiger partial charge in [-0.15, -0.1) is 0 Å². The van der Waals surface area contributed by atoms with E-state index in [1.54, 1.807) is 6.92 Å².